The molecule has 2 atom stereocenters. The highest BCUT2D eigenvalue weighted by molar-refractivity contribution is 5.28. The van der Waals surface area contributed by atoms with E-state index in [1.807, 2.05) is 0 Å². The minimum atomic E-state index is -0.194. The van der Waals surface area contributed by atoms with E-state index in [0.29, 0.717) is 24.0 Å². The zero-order valence-electron chi connectivity index (χ0n) is 11.9. The first-order valence-electron chi connectivity index (χ1n) is 7.48. The first-order chi connectivity index (χ1) is 9.70. The Morgan fingerprint density at radius 3 is 2.80 bits per heavy atom. The first kappa shape index (κ1) is 13.8. The van der Waals surface area contributed by atoms with Crippen molar-refractivity contribution in [2.45, 2.75) is 50.9 Å². The van der Waals surface area contributed by atoms with Gasteiger partial charge in [-0.15, -0.1) is 0 Å². The number of nitrogens with one attached hydrogen (secondary N) is 1. The van der Waals surface area contributed by atoms with Crippen LogP contribution in [0.15, 0.2) is 18.2 Å². The molecule has 1 aromatic carbocycles. The van der Waals surface area contributed by atoms with Crippen molar-refractivity contribution in [3.63, 3.8) is 0 Å². The van der Waals surface area contributed by atoms with E-state index in [9.17, 15) is 4.39 Å². The van der Waals surface area contributed by atoms with Crippen LogP contribution in [0.3, 0.4) is 0 Å². The molecule has 1 saturated carbocycles. The molecule has 110 valence electrons. The van der Waals surface area contributed by atoms with Crippen LogP contribution >= 0.6 is 0 Å². The van der Waals surface area contributed by atoms with Crippen LogP contribution in [-0.2, 0) is 4.74 Å². The standard InChI is InChI=1S/C16H22FNO2/c1-11-8-13(6-7-16(11)17)19-10-15-5-4-14(20-15)9-18-12-2-3-12/h6-8,12,14-15,18H,2-5,9-10H2,1H3. The van der Waals surface area contributed by atoms with Gasteiger partial charge in [0.2, 0.25) is 0 Å². The van der Waals surface area contributed by atoms with Gasteiger partial charge in [-0.05, 0) is 56.4 Å². The van der Waals surface area contributed by atoms with Crippen molar-refractivity contribution in [1.82, 2.24) is 5.32 Å². The maximum atomic E-state index is 13.2. The Labute approximate surface area is 119 Å². The number of aryl methyl sites for hydroxylation is 1. The molecule has 1 aliphatic carbocycles. The lowest BCUT2D eigenvalue weighted by Crippen LogP contribution is -2.29. The number of hydrogen-bond donors (Lipinski definition) is 1. The predicted octanol–water partition coefficient (Wildman–Crippen LogP) is 2.81. The topological polar surface area (TPSA) is 30.5 Å². The van der Waals surface area contributed by atoms with Gasteiger partial charge in [-0.1, -0.05) is 0 Å². The summed E-state index contributed by atoms with van der Waals surface area (Å²) in [5, 5.41) is 3.50. The summed E-state index contributed by atoms with van der Waals surface area (Å²) in [5.41, 5.74) is 0.612. The lowest BCUT2D eigenvalue weighted by atomic mass is 10.2. The van der Waals surface area contributed by atoms with E-state index in [-0.39, 0.29) is 11.9 Å². The zero-order valence-corrected chi connectivity index (χ0v) is 11.9. The predicted molar refractivity (Wildman–Crippen MR) is 75.6 cm³/mol. The second-order valence-corrected chi connectivity index (χ2v) is 5.86. The number of hydrogen-bond acceptors (Lipinski definition) is 3. The van der Waals surface area contributed by atoms with Crippen LogP contribution in [0.2, 0.25) is 0 Å². The van der Waals surface area contributed by atoms with Gasteiger partial charge in [0, 0.05) is 12.6 Å². The average molecular weight is 279 g/mol. The van der Waals surface area contributed by atoms with Gasteiger partial charge < -0.3 is 14.8 Å². The van der Waals surface area contributed by atoms with Crippen LogP contribution in [0.4, 0.5) is 4.39 Å². The molecule has 0 amide bonds. The van der Waals surface area contributed by atoms with E-state index >= 15 is 0 Å². The normalized spacial score (nSPS) is 25.9. The molecule has 20 heavy (non-hydrogen) atoms. The van der Waals surface area contributed by atoms with Crippen molar-refractivity contribution in [2.24, 2.45) is 0 Å². The van der Waals surface area contributed by atoms with Crippen molar-refractivity contribution >= 4 is 0 Å². The van der Waals surface area contributed by atoms with Gasteiger partial charge in [0.05, 0.1) is 12.2 Å². The van der Waals surface area contributed by atoms with Crippen molar-refractivity contribution in [3.05, 3.63) is 29.6 Å². The van der Waals surface area contributed by atoms with Gasteiger partial charge in [0.15, 0.2) is 0 Å². The number of ether oxygens (including phenoxy) is 2. The zero-order chi connectivity index (χ0) is 13.9. The van der Waals surface area contributed by atoms with E-state index < -0.39 is 0 Å². The van der Waals surface area contributed by atoms with Crippen molar-refractivity contribution in [3.8, 4) is 5.75 Å². The van der Waals surface area contributed by atoms with Crippen LogP contribution < -0.4 is 10.1 Å². The minimum absolute atomic E-state index is 0.159. The SMILES string of the molecule is Cc1cc(OCC2CCC(CNC3CC3)O2)ccc1F. The molecule has 0 spiro atoms. The Kier molecular flexibility index (Phi) is 4.22. The molecule has 2 aliphatic rings. The lowest BCUT2D eigenvalue weighted by Gasteiger charge is -2.15. The Morgan fingerprint density at radius 1 is 1.25 bits per heavy atom. The van der Waals surface area contributed by atoms with Crippen LogP contribution in [0.25, 0.3) is 0 Å². The third-order valence-electron chi connectivity index (χ3n) is 3.97. The highest BCUT2D eigenvalue weighted by Crippen LogP contribution is 2.23. The Morgan fingerprint density at radius 2 is 2.05 bits per heavy atom. The summed E-state index contributed by atoms with van der Waals surface area (Å²) < 4.78 is 24.8. The van der Waals surface area contributed by atoms with Crippen molar-refractivity contribution < 1.29 is 13.9 Å². The second-order valence-electron chi connectivity index (χ2n) is 5.86. The van der Waals surface area contributed by atoms with E-state index in [1.165, 1.54) is 18.9 Å². The molecule has 1 heterocycles. The van der Waals surface area contributed by atoms with Gasteiger partial charge in [0.1, 0.15) is 18.2 Å². The summed E-state index contributed by atoms with van der Waals surface area (Å²) in [6.45, 7) is 3.25. The molecular formula is C16H22FNO2. The molecule has 1 aliphatic heterocycles. The highest BCUT2D eigenvalue weighted by Gasteiger charge is 2.28. The van der Waals surface area contributed by atoms with Gasteiger partial charge >= 0.3 is 0 Å². The smallest absolute Gasteiger partial charge is 0.126 e. The van der Waals surface area contributed by atoms with Crippen LogP contribution in [0.5, 0.6) is 5.75 Å². The van der Waals surface area contributed by atoms with Crippen LogP contribution in [-0.4, -0.2) is 31.4 Å². The summed E-state index contributed by atoms with van der Waals surface area (Å²) in [5.74, 6) is 0.521. The molecule has 0 radical (unpaired) electrons. The monoisotopic (exact) mass is 279 g/mol. The summed E-state index contributed by atoms with van der Waals surface area (Å²) in [7, 11) is 0. The van der Waals surface area contributed by atoms with Gasteiger partial charge in [-0.25, -0.2) is 4.39 Å². The van der Waals surface area contributed by atoms with Crippen molar-refractivity contribution in [1.29, 1.82) is 0 Å². The summed E-state index contributed by atoms with van der Waals surface area (Å²) >= 11 is 0. The fourth-order valence-electron chi connectivity index (χ4n) is 2.53. The number of halogens is 1. The summed E-state index contributed by atoms with van der Waals surface area (Å²) in [4.78, 5) is 0. The molecule has 0 bridgehead atoms. The van der Waals surface area contributed by atoms with Gasteiger partial charge in [-0.3, -0.25) is 0 Å². The largest absolute Gasteiger partial charge is 0.491 e. The average Bonchev–Trinajstić information content (AvgIpc) is 3.16. The molecule has 1 saturated heterocycles. The first-order valence-corrected chi connectivity index (χ1v) is 7.48. The van der Waals surface area contributed by atoms with Gasteiger partial charge in [-0.2, -0.15) is 0 Å². The summed E-state index contributed by atoms with van der Waals surface area (Å²) in [6, 6.07) is 5.58. The third-order valence-corrected chi connectivity index (χ3v) is 3.97. The van der Waals surface area contributed by atoms with Crippen LogP contribution in [0.1, 0.15) is 31.2 Å². The molecule has 1 aromatic rings. The highest BCUT2D eigenvalue weighted by atomic mass is 19.1. The fourth-order valence-corrected chi connectivity index (χ4v) is 2.53. The quantitative estimate of drug-likeness (QED) is 0.868. The maximum absolute atomic E-state index is 13.2. The maximum Gasteiger partial charge on any atom is 0.126 e. The molecule has 1 N–H and O–H groups in total. The Balaban J connectivity index is 1.41. The molecule has 2 unspecified atom stereocenters. The minimum Gasteiger partial charge on any atom is -0.491 e. The van der Waals surface area contributed by atoms with E-state index in [1.54, 1.807) is 19.1 Å². The fraction of sp³-hybridized carbons (Fsp3) is 0.625. The van der Waals surface area contributed by atoms with Crippen LogP contribution in [0, 0.1) is 12.7 Å². The van der Waals surface area contributed by atoms with Gasteiger partial charge in [0.25, 0.3) is 0 Å². The number of rotatable bonds is 6. The van der Waals surface area contributed by atoms with E-state index in [4.69, 9.17) is 9.47 Å². The summed E-state index contributed by atoms with van der Waals surface area (Å²) in [6.07, 6.45) is 5.23. The molecular weight excluding hydrogens is 257 g/mol. The molecule has 4 heteroatoms. The molecule has 3 nitrogen and oxygen atoms in total. The lowest BCUT2D eigenvalue weighted by molar-refractivity contribution is 0.0184. The molecule has 0 aromatic heterocycles. The second kappa shape index (κ2) is 6.10. The number of benzene rings is 1. The Bertz CT molecular complexity index is 462. The molecule has 3 rings (SSSR count). The molecule has 2 fully saturated rings. The van der Waals surface area contributed by atoms with E-state index in [0.717, 1.165) is 25.4 Å². The Hall–Kier alpha value is -1.13. The van der Waals surface area contributed by atoms with Crippen molar-refractivity contribution in [2.75, 3.05) is 13.2 Å². The van der Waals surface area contributed by atoms with E-state index in [2.05, 4.69) is 5.32 Å². The third kappa shape index (κ3) is 3.70.